The fraction of sp³-hybridized carbons (Fsp3) is 0.524. The van der Waals surface area contributed by atoms with Crippen LogP contribution < -0.4 is 15.5 Å². The van der Waals surface area contributed by atoms with Crippen LogP contribution in [0.25, 0.3) is 0 Å². The number of nitrogens with zero attached hydrogens (tertiary/aromatic N) is 3. The predicted molar refractivity (Wildman–Crippen MR) is 123 cm³/mol. The molecule has 0 spiro atoms. The van der Waals surface area contributed by atoms with Gasteiger partial charge in [-0.25, -0.2) is 9.37 Å². The van der Waals surface area contributed by atoms with E-state index in [0.717, 1.165) is 31.5 Å². The molecule has 2 fully saturated rings. The fourth-order valence-electron chi connectivity index (χ4n) is 3.94. The highest BCUT2D eigenvalue weighted by Crippen LogP contribution is 2.31. The SMILES string of the molecule is C[C@@H](Nc1nc(N2CCC(O[C@@H]3CNC[C@H]3F)CC2)ncc1Cl)c1ccc(Cl)cc1Cl. The Kier molecular flexibility index (Phi) is 7.39. The van der Waals surface area contributed by atoms with E-state index in [9.17, 15) is 4.39 Å². The summed E-state index contributed by atoms with van der Waals surface area (Å²) >= 11 is 18.7. The van der Waals surface area contributed by atoms with Crippen LogP contribution in [-0.4, -0.2) is 54.5 Å². The molecule has 0 bridgehead atoms. The minimum atomic E-state index is -0.928. The van der Waals surface area contributed by atoms with Gasteiger partial charge in [0.05, 0.1) is 18.3 Å². The van der Waals surface area contributed by atoms with Crippen LogP contribution in [0, 0.1) is 0 Å². The first-order valence-electron chi connectivity index (χ1n) is 10.4. The van der Waals surface area contributed by atoms with Crippen LogP contribution in [0.4, 0.5) is 16.2 Å². The van der Waals surface area contributed by atoms with Crippen molar-refractivity contribution in [3.8, 4) is 0 Å². The molecule has 1 aromatic carbocycles. The van der Waals surface area contributed by atoms with E-state index in [1.54, 1.807) is 18.3 Å². The number of aromatic nitrogens is 2. The van der Waals surface area contributed by atoms with Crippen molar-refractivity contribution in [3.05, 3.63) is 45.0 Å². The molecule has 2 aromatic rings. The Morgan fingerprint density at radius 1 is 1.19 bits per heavy atom. The summed E-state index contributed by atoms with van der Waals surface area (Å²) in [5.74, 6) is 1.14. The Balaban J connectivity index is 1.39. The van der Waals surface area contributed by atoms with Crippen molar-refractivity contribution in [1.82, 2.24) is 15.3 Å². The van der Waals surface area contributed by atoms with Crippen LogP contribution in [-0.2, 0) is 4.74 Å². The second kappa shape index (κ2) is 10.0. The standard InChI is InChI=1S/C21H25Cl3FN5O/c1-12(15-3-2-13(22)8-16(15)23)28-20-17(24)9-27-21(29-20)30-6-4-14(5-7-30)31-19-11-26-10-18(19)25/h2-3,8-9,12,14,18-19,26H,4-7,10-11H2,1H3,(H,27,28,29)/t12-,18-,19-/m1/s1. The first-order valence-corrected chi connectivity index (χ1v) is 11.5. The van der Waals surface area contributed by atoms with Crippen LogP contribution in [0.1, 0.15) is 31.4 Å². The van der Waals surface area contributed by atoms with Gasteiger partial charge < -0.3 is 20.3 Å². The maximum absolute atomic E-state index is 13.8. The van der Waals surface area contributed by atoms with Gasteiger partial charge in [0, 0.05) is 36.2 Å². The quantitative estimate of drug-likeness (QED) is 0.603. The van der Waals surface area contributed by atoms with E-state index in [1.807, 2.05) is 13.0 Å². The van der Waals surface area contributed by atoms with Crippen LogP contribution in [0.5, 0.6) is 0 Å². The number of piperidine rings is 1. The molecule has 1 aromatic heterocycles. The minimum Gasteiger partial charge on any atom is -0.370 e. The number of halogens is 4. The van der Waals surface area contributed by atoms with E-state index < -0.39 is 6.17 Å². The summed E-state index contributed by atoms with van der Waals surface area (Å²) in [4.78, 5) is 11.1. The average Bonchev–Trinajstić information content (AvgIpc) is 3.14. The van der Waals surface area contributed by atoms with E-state index in [4.69, 9.17) is 39.5 Å². The van der Waals surface area contributed by atoms with Crippen LogP contribution in [0.3, 0.4) is 0 Å². The highest BCUT2D eigenvalue weighted by atomic mass is 35.5. The van der Waals surface area contributed by atoms with E-state index in [-0.39, 0.29) is 18.2 Å². The number of anilines is 2. The molecule has 31 heavy (non-hydrogen) atoms. The lowest BCUT2D eigenvalue weighted by Gasteiger charge is -2.33. The lowest BCUT2D eigenvalue weighted by molar-refractivity contribution is -0.0404. The Morgan fingerprint density at radius 3 is 2.65 bits per heavy atom. The molecule has 4 rings (SSSR count). The first-order chi connectivity index (χ1) is 14.9. The molecular formula is C21H25Cl3FN5O. The van der Waals surface area contributed by atoms with Crippen LogP contribution in [0.2, 0.25) is 15.1 Å². The molecule has 2 saturated heterocycles. The number of nitrogens with one attached hydrogen (secondary N) is 2. The maximum atomic E-state index is 13.8. The number of hydrogen-bond donors (Lipinski definition) is 2. The van der Waals surface area contributed by atoms with Gasteiger partial charge in [-0.15, -0.1) is 0 Å². The molecule has 0 saturated carbocycles. The van der Waals surface area contributed by atoms with Crippen molar-refractivity contribution in [2.45, 2.75) is 44.2 Å². The minimum absolute atomic E-state index is 0.0522. The lowest BCUT2D eigenvalue weighted by atomic mass is 10.1. The van der Waals surface area contributed by atoms with Crippen molar-refractivity contribution in [2.24, 2.45) is 0 Å². The molecule has 2 N–H and O–H groups in total. The third-order valence-electron chi connectivity index (χ3n) is 5.69. The fourth-order valence-corrected chi connectivity index (χ4v) is 4.66. The molecule has 168 valence electrons. The summed E-state index contributed by atoms with van der Waals surface area (Å²) in [7, 11) is 0. The van der Waals surface area contributed by atoms with Crippen molar-refractivity contribution in [2.75, 3.05) is 36.4 Å². The highest BCUT2D eigenvalue weighted by Gasteiger charge is 2.31. The van der Waals surface area contributed by atoms with Gasteiger partial charge in [0.2, 0.25) is 5.95 Å². The van der Waals surface area contributed by atoms with E-state index in [0.29, 0.717) is 39.9 Å². The van der Waals surface area contributed by atoms with Gasteiger partial charge in [-0.05, 0) is 37.5 Å². The van der Waals surface area contributed by atoms with E-state index in [1.165, 1.54) is 0 Å². The lowest BCUT2D eigenvalue weighted by Crippen LogP contribution is -2.40. The van der Waals surface area contributed by atoms with Crippen molar-refractivity contribution >= 4 is 46.6 Å². The number of ether oxygens (including phenoxy) is 1. The zero-order chi connectivity index (χ0) is 22.0. The Morgan fingerprint density at radius 2 is 1.97 bits per heavy atom. The zero-order valence-electron chi connectivity index (χ0n) is 17.1. The summed E-state index contributed by atoms with van der Waals surface area (Å²) in [5, 5.41) is 7.94. The molecule has 0 aliphatic carbocycles. The maximum Gasteiger partial charge on any atom is 0.227 e. The molecular weight excluding hydrogens is 464 g/mol. The summed E-state index contributed by atoms with van der Waals surface area (Å²) in [6.45, 7) is 4.40. The number of rotatable bonds is 6. The summed E-state index contributed by atoms with van der Waals surface area (Å²) in [5.41, 5.74) is 0.896. The average molecular weight is 489 g/mol. The highest BCUT2D eigenvalue weighted by molar-refractivity contribution is 6.35. The number of hydrogen-bond acceptors (Lipinski definition) is 6. The Labute approximate surface area is 196 Å². The molecule has 0 amide bonds. The topological polar surface area (TPSA) is 62.3 Å². The summed E-state index contributed by atoms with van der Waals surface area (Å²) in [6, 6.07) is 5.26. The number of benzene rings is 1. The second-order valence-electron chi connectivity index (χ2n) is 7.93. The van der Waals surface area contributed by atoms with Gasteiger partial charge in [-0.3, -0.25) is 0 Å². The molecule has 0 unspecified atom stereocenters. The van der Waals surface area contributed by atoms with Crippen LogP contribution >= 0.6 is 34.8 Å². The molecule has 6 nitrogen and oxygen atoms in total. The van der Waals surface area contributed by atoms with E-state index in [2.05, 4.69) is 25.5 Å². The molecule has 3 atom stereocenters. The molecule has 0 radical (unpaired) electrons. The third-order valence-corrected chi connectivity index (χ3v) is 6.53. The monoisotopic (exact) mass is 487 g/mol. The predicted octanol–water partition coefficient (Wildman–Crippen LogP) is 4.91. The van der Waals surface area contributed by atoms with Crippen molar-refractivity contribution in [1.29, 1.82) is 0 Å². The normalized spacial score (nSPS) is 23.2. The largest absolute Gasteiger partial charge is 0.370 e. The van der Waals surface area contributed by atoms with Gasteiger partial charge in [-0.2, -0.15) is 4.98 Å². The molecule has 3 heterocycles. The van der Waals surface area contributed by atoms with Gasteiger partial charge in [0.25, 0.3) is 0 Å². The third kappa shape index (κ3) is 5.52. The van der Waals surface area contributed by atoms with Crippen molar-refractivity contribution in [3.63, 3.8) is 0 Å². The van der Waals surface area contributed by atoms with Gasteiger partial charge in [-0.1, -0.05) is 40.9 Å². The first kappa shape index (κ1) is 22.8. The van der Waals surface area contributed by atoms with Gasteiger partial charge >= 0.3 is 0 Å². The molecule has 2 aliphatic heterocycles. The second-order valence-corrected chi connectivity index (χ2v) is 9.18. The smallest absolute Gasteiger partial charge is 0.227 e. The van der Waals surface area contributed by atoms with Crippen LogP contribution in [0.15, 0.2) is 24.4 Å². The Bertz CT molecular complexity index is 913. The number of alkyl halides is 1. The Hall–Kier alpha value is -1.38. The van der Waals surface area contributed by atoms with E-state index >= 15 is 0 Å². The van der Waals surface area contributed by atoms with Gasteiger partial charge in [0.15, 0.2) is 5.82 Å². The molecule has 10 heteroatoms. The summed E-state index contributed by atoms with van der Waals surface area (Å²) in [6.07, 6.45) is 1.98. The van der Waals surface area contributed by atoms with Gasteiger partial charge in [0.1, 0.15) is 17.3 Å². The zero-order valence-corrected chi connectivity index (χ0v) is 19.4. The van der Waals surface area contributed by atoms with Crippen molar-refractivity contribution < 1.29 is 9.13 Å². The summed E-state index contributed by atoms with van der Waals surface area (Å²) < 4.78 is 19.7. The molecule has 2 aliphatic rings.